The topological polar surface area (TPSA) is 56.1 Å². The maximum absolute atomic E-state index is 8.86. The van der Waals surface area contributed by atoms with E-state index >= 15 is 0 Å². The summed E-state index contributed by atoms with van der Waals surface area (Å²) in [7, 11) is 0. The van der Waals surface area contributed by atoms with Crippen molar-refractivity contribution in [3.8, 4) is 6.07 Å². The molecule has 1 aliphatic rings. The lowest BCUT2D eigenvalue weighted by Gasteiger charge is -2.22. The van der Waals surface area contributed by atoms with E-state index in [0.29, 0.717) is 10.7 Å². The molecule has 1 aromatic carbocycles. The first kappa shape index (κ1) is 15.7. The number of hydrogen-bond acceptors (Lipinski definition) is 5. The number of anilines is 1. The highest BCUT2D eigenvalue weighted by atomic mass is 35.5. The van der Waals surface area contributed by atoms with Gasteiger partial charge in [0.1, 0.15) is 11.0 Å². The van der Waals surface area contributed by atoms with E-state index in [-0.39, 0.29) is 0 Å². The second kappa shape index (κ2) is 7.40. The van der Waals surface area contributed by atoms with Crippen molar-refractivity contribution in [3.63, 3.8) is 0 Å². The third-order valence-electron chi connectivity index (χ3n) is 3.99. The molecule has 3 rings (SSSR count). The molecular weight excluding hydrogens is 310 g/mol. The molecule has 0 saturated carbocycles. The molecule has 5 nitrogen and oxygen atoms in total. The summed E-state index contributed by atoms with van der Waals surface area (Å²) >= 11 is 5.93. The molecule has 0 radical (unpaired) electrons. The third-order valence-corrected chi connectivity index (χ3v) is 4.18. The molecule has 0 atom stereocenters. The molecule has 0 amide bonds. The van der Waals surface area contributed by atoms with Crippen molar-refractivity contribution in [3.05, 3.63) is 52.9 Å². The Morgan fingerprint density at radius 3 is 2.65 bits per heavy atom. The van der Waals surface area contributed by atoms with Gasteiger partial charge in [-0.15, -0.1) is 0 Å². The fraction of sp³-hybridized carbons (Fsp3) is 0.353. The molecule has 6 heteroatoms. The lowest BCUT2D eigenvalue weighted by atomic mass is 10.1. The monoisotopic (exact) mass is 327 g/mol. The van der Waals surface area contributed by atoms with Crippen LogP contribution in [0.15, 0.2) is 36.7 Å². The molecule has 1 aliphatic heterocycles. The predicted octanol–water partition coefficient (Wildman–Crippen LogP) is 2.71. The molecule has 23 heavy (non-hydrogen) atoms. The van der Waals surface area contributed by atoms with E-state index in [2.05, 4.69) is 25.8 Å². The second-order valence-corrected chi connectivity index (χ2v) is 6.01. The van der Waals surface area contributed by atoms with Crippen LogP contribution in [0.5, 0.6) is 0 Å². The smallest absolute Gasteiger partial charge is 0.149 e. The average molecular weight is 328 g/mol. The summed E-state index contributed by atoms with van der Waals surface area (Å²) in [5, 5.41) is 9.29. The molecule has 0 bridgehead atoms. The van der Waals surface area contributed by atoms with Crippen LogP contribution in [0, 0.1) is 11.3 Å². The Bertz CT molecular complexity index is 695. The van der Waals surface area contributed by atoms with E-state index in [1.54, 1.807) is 12.4 Å². The first-order valence-electron chi connectivity index (χ1n) is 7.68. The highest BCUT2D eigenvalue weighted by Gasteiger charge is 2.16. The van der Waals surface area contributed by atoms with Gasteiger partial charge in [-0.25, -0.2) is 4.98 Å². The Labute approximate surface area is 141 Å². The van der Waals surface area contributed by atoms with Crippen molar-refractivity contribution >= 4 is 17.4 Å². The van der Waals surface area contributed by atoms with E-state index in [9.17, 15) is 0 Å². The van der Waals surface area contributed by atoms with Gasteiger partial charge in [0.2, 0.25) is 0 Å². The van der Waals surface area contributed by atoms with Gasteiger partial charge >= 0.3 is 0 Å². The number of hydrogen-bond donors (Lipinski definition) is 0. The van der Waals surface area contributed by atoms with Crippen molar-refractivity contribution in [1.29, 1.82) is 5.26 Å². The van der Waals surface area contributed by atoms with Gasteiger partial charge in [0.15, 0.2) is 0 Å². The van der Waals surface area contributed by atoms with Crippen molar-refractivity contribution in [2.75, 3.05) is 31.1 Å². The Balaban J connectivity index is 1.61. The maximum atomic E-state index is 8.86. The number of aromatic nitrogens is 2. The second-order valence-electron chi connectivity index (χ2n) is 5.63. The number of nitriles is 1. The van der Waals surface area contributed by atoms with Gasteiger partial charge in [0.05, 0.1) is 24.0 Å². The van der Waals surface area contributed by atoms with Crippen LogP contribution in [0.4, 0.5) is 5.82 Å². The molecule has 2 aromatic rings. The fourth-order valence-corrected chi connectivity index (χ4v) is 2.93. The standard InChI is InChI=1S/C17H18ClN5/c18-16-11-20-12-17(21-16)23-7-1-6-22(8-9-23)13-15-4-2-14(10-19)3-5-15/h2-5,11-12H,1,6-9,13H2. The average Bonchev–Trinajstić information content (AvgIpc) is 2.81. The summed E-state index contributed by atoms with van der Waals surface area (Å²) in [6, 6.07) is 9.97. The van der Waals surface area contributed by atoms with Crippen LogP contribution < -0.4 is 4.90 Å². The van der Waals surface area contributed by atoms with Crippen molar-refractivity contribution < 1.29 is 0 Å². The molecule has 1 fully saturated rings. The number of rotatable bonds is 3. The molecule has 1 saturated heterocycles. The third kappa shape index (κ3) is 4.19. The highest BCUT2D eigenvalue weighted by Crippen LogP contribution is 2.16. The molecule has 0 spiro atoms. The Morgan fingerprint density at radius 1 is 1.09 bits per heavy atom. The van der Waals surface area contributed by atoms with Gasteiger partial charge in [-0.1, -0.05) is 23.7 Å². The van der Waals surface area contributed by atoms with Crippen molar-refractivity contribution in [1.82, 2.24) is 14.9 Å². The number of nitrogens with zero attached hydrogens (tertiary/aromatic N) is 5. The van der Waals surface area contributed by atoms with E-state index in [1.165, 1.54) is 5.56 Å². The summed E-state index contributed by atoms with van der Waals surface area (Å²) in [6.07, 6.45) is 4.40. The molecule has 118 valence electrons. The van der Waals surface area contributed by atoms with E-state index in [0.717, 1.165) is 45.0 Å². The quantitative estimate of drug-likeness (QED) is 0.867. The van der Waals surface area contributed by atoms with Gasteiger partial charge in [-0.05, 0) is 24.1 Å². The normalized spacial score (nSPS) is 15.9. The van der Waals surface area contributed by atoms with Gasteiger partial charge in [-0.3, -0.25) is 9.88 Å². The van der Waals surface area contributed by atoms with Crippen LogP contribution in [0.3, 0.4) is 0 Å². The lowest BCUT2D eigenvalue weighted by Crippen LogP contribution is -2.31. The maximum Gasteiger partial charge on any atom is 0.149 e. The zero-order chi connectivity index (χ0) is 16.1. The predicted molar refractivity (Wildman–Crippen MR) is 90.3 cm³/mol. The van der Waals surface area contributed by atoms with Gasteiger partial charge in [0, 0.05) is 32.7 Å². The van der Waals surface area contributed by atoms with E-state index in [4.69, 9.17) is 16.9 Å². The van der Waals surface area contributed by atoms with Crippen LogP contribution in [0.25, 0.3) is 0 Å². The van der Waals surface area contributed by atoms with E-state index < -0.39 is 0 Å². The van der Waals surface area contributed by atoms with Crippen molar-refractivity contribution in [2.45, 2.75) is 13.0 Å². The van der Waals surface area contributed by atoms with Crippen LogP contribution >= 0.6 is 11.6 Å². The first-order valence-corrected chi connectivity index (χ1v) is 8.06. The largest absolute Gasteiger partial charge is 0.354 e. The van der Waals surface area contributed by atoms with Crippen molar-refractivity contribution in [2.24, 2.45) is 0 Å². The van der Waals surface area contributed by atoms with Crippen LogP contribution in [0.1, 0.15) is 17.5 Å². The summed E-state index contributed by atoms with van der Waals surface area (Å²) in [6.45, 7) is 4.78. The summed E-state index contributed by atoms with van der Waals surface area (Å²) in [5.74, 6) is 0.845. The molecule has 2 heterocycles. The Kier molecular flexibility index (Phi) is 5.06. The minimum atomic E-state index is 0.432. The summed E-state index contributed by atoms with van der Waals surface area (Å²) in [4.78, 5) is 13.1. The highest BCUT2D eigenvalue weighted by molar-refractivity contribution is 6.29. The van der Waals surface area contributed by atoms with Gasteiger partial charge in [0.25, 0.3) is 0 Å². The fourth-order valence-electron chi connectivity index (χ4n) is 2.79. The SMILES string of the molecule is N#Cc1ccc(CN2CCCN(c3cncc(Cl)n3)CC2)cc1. The Hall–Kier alpha value is -2.16. The van der Waals surface area contributed by atoms with Crippen LogP contribution in [-0.4, -0.2) is 41.0 Å². The lowest BCUT2D eigenvalue weighted by molar-refractivity contribution is 0.285. The van der Waals surface area contributed by atoms with Crippen LogP contribution in [-0.2, 0) is 6.54 Å². The molecule has 1 aromatic heterocycles. The molecule has 0 aliphatic carbocycles. The van der Waals surface area contributed by atoms with Gasteiger partial charge < -0.3 is 4.90 Å². The molecular formula is C17H18ClN5. The molecule has 0 unspecified atom stereocenters. The minimum absolute atomic E-state index is 0.432. The van der Waals surface area contributed by atoms with Crippen LogP contribution in [0.2, 0.25) is 5.15 Å². The number of benzene rings is 1. The van der Waals surface area contributed by atoms with E-state index in [1.807, 2.05) is 24.3 Å². The number of halogens is 1. The first-order chi connectivity index (χ1) is 11.2. The molecule has 0 N–H and O–H groups in total. The summed E-state index contributed by atoms with van der Waals surface area (Å²) < 4.78 is 0. The summed E-state index contributed by atoms with van der Waals surface area (Å²) in [5.41, 5.74) is 1.94. The zero-order valence-corrected chi connectivity index (χ0v) is 13.6. The zero-order valence-electron chi connectivity index (χ0n) is 12.8. The Morgan fingerprint density at radius 2 is 1.91 bits per heavy atom. The van der Waals surface area contributed by atoms with Gasteiger partial charge in [-0.2, -0.15) is 5.26 Å². The minimum Gasteiger partial charge on any atom is -0.354 e.